The zero-order valence-corrected chi connectivity index (χ0v) is 13.7. The van der Waals surface area contributed by atoms with E-state index in [9.17, 15) is 9.18 Å². The highest BCUT2D eigenvalue weighted by atomic mass is 79.9. The molecule has 3 nitrogen and oxygen atoms in total. The quantitative estimate of drug-likeness (QED) is 0.800. The summed E-state index contributed by atoms with van der Waals surface area (Å²) in [6.45, 7) is 0.621. The van der Waals surface area contributed by atoms with Gasteiger partial charge in [0, 0.05) is 11.0 Å². The number of anilines is 1. The van der Waals surface area contributed by atoms with Gasteiger partial charge in [-0.2, -0.15) is 0 Å². The highest BCUT2D eigenvalue weighted by Crippen LogP contribution is 2.37. The summed E-state index contributed by atoms with van der Waals surface area (Å²) >= 11 is 3.27. The van der Waals surface area contributed by atoms with Crippen LogP contribution in [-0.4, -0.2) is 19.6 Å². The number of benzene rings is 2. The summed E-state index contributed by atoms with van der Waals surface area (Å²) in [7, 11) is 1.60. The van der Waals surface area contributed by atoms with Gasteiger partial charge in [0.05, 0.1) is 18.4 Å². The summed E-state index contributed by atoms with van der Waals surface area (Å²) < 4.78 is 19.1. The number of carbonyl (C=O) groups excluding carboxylic acids is 1. The van der Waals surface area contributed by atoms with Crippen LogP contribution in [0.4, 0.5) is 10.1 Å². The van der Waals surface area contributed by atoms with Crippen molar-refractivity contribution in [2.24, 2.45) is 0 Å². The number of halogens is 2. The van der Waals surface area contributed by atoms with Gasteiger partial charge in [-0.05, 0) is 58.6 Å². The maximum atomic E-state index is 13.2. The van der Waals surface area contributed by atoms with Crippen LogP contribution in [-0.2, 0) is 6.42 Å². The Kier molecular flexibility index (Phi) is 4.16. The largest absolute Gasteiger partial charge is 0.495 e. The zero-order valence-electron chi connectivity index (χ0n) is 12.1. The van der Waals surface area contributed by atoms with Gasteiger partial charge in [-0.3, -0.25) is 4.79 Å². The minimum Gasteiger partial charge on any atom is -0.495 e. The molecule has 1 heterocycles. The fourth-order valence-corrected chi connectivity index (χ4v) is 3.31. The van der Waals surface area contributed by atoms with Crippen LogP contribution in [0.5, 0.6) is 5.75 Å². The Labute approximate surface area is 136 Å². The maximum absolute atomic E-state index is 13.2. The second-order valence-corrected chi connectivity index (χ2v) is 6.01. The first kappa shape index (κ1) is 15.0. The lowest BCUT2D eigenvalue weighted by Crippen LogP contribution is -2.36. The second kappa shape index (κ2) is 6.08. The molecule has 0 radical (unpaired) electrons. The summed E-state index contributed by atoms with van der Waals surface area (Å²) in [5.74, 6) is 0.154. The minimum absolute atomic E-state index is 0.155. The number of methoxy groups -OCH3 is 1. The number of fused-ring (bicyclic) bond motifs is 1. The van der Waals surface area contributed by atoms with E-state index in [2.05, 4.69) is 15.9 Å². The molecule has 0 bridgehead atoms. The molecule has 1 amide bonds. The Bertz CT molecular complexity index is 718. The van der Waals surface area contributed by atoms with Gasteiger partial charge in [-0.1, -0.05) is 12.1 Å². The van der Waals surface area contributed by atoms with Gasteiger partial charge in [0.15, 0.2) is 0 Å². The Morgan fingerprint density at radius 2 is 2.14 bits per heavy atom. The van der Waals surface area contributed by atoms with Crippen LogP contribution in [0.15, 0.2) is 40.9 Å². The average Bonchev–Trinajstić information content (AvgIpc) is 2.53. The molecule has 0 aromatic heterocycles. The molecule has 0 N–H and O–H groups in total. The Hall–Kier alpha value is -1.88. The first-order valence-corrected chi connectivity index (χ1v) is 7.84. The van der Waals surface area contributed by atoms with Crippen LogP contribution in [0.1, 0.15) is 22.3 Å². The van der Waals surface area contributed by atoms with Crippen molar-refractivity contribution in [1.82, 2.24) is 0 Å². The maximum Gasteiger partial charge on any atom is 0.259 e. The van der Waals surface area contributed by atoms with E-state index in [1.165, 1.54) is 18.2 Å². The number of para-hydroxylation sites is 1. The van der Waals surface area contributed by atoms with E-state index in [1.54, 1.807) is 12.0 Å². The lowest BCUT2D eigenvalue weighted by molar-refractivity contribution is 0.0983. The highest BCUT2D eigenvalue weighted by molar-refractivity contribution is 9.10. The number of ether oxygens (including phenoxy) is 1. The van der Waals surface area contributed by atoms with Gasteiger partial charge in [-0.15, -0.1) is 0 Å². The van der Waals surface area contributed by atoms with E-state index in [-0.39, 0.29) is 11.7 Å². The van der Waals surface area contributed by atoms with Gasteiger partial charge < -0.3 is 9.64 Å². The number of rotatable bonds is 2. The first-order chi connectivity index (χ1) is 10.6. The van der Waals surface area contributed by atoms with Gasteiger partial charge in [0.1, 0.15) is 11.6 Å². The highest BCUT2D eigenvalue weighted by Gasteiger charge is 2.27. The summed E-state index contributed by atoms with van der Waals surface area (Å²) in [5, 5.41) is 0. The number of hydrogen-bond donors (Lipinski definition) is 0. The van der Waals surface area contributed by atoms with E-state index >= 15 is 0 Å². The van der Waals surface area contributed by atoms with Crippen molar-refractivity contribution in [2.75, 3.05) is 18.6 Å². The lowest BCUT2D eigenvalue weighted by Gasteiger charge is -2.31. The molecule has 0 fully saturated rings. The van der Waals surface area contributed by atoms with Crippen molar-refractivity contribution in [3.63, 3.8) is 0 Å². The molecule has 0 spiro atoms. The van der Waals surface area contributed by atoms with Crippen molar-refractivity contribution < 1.29 is 13.9 Å². The van der Waals surface area contributed by atoms with E-state index < -0.39 is 0 Å². The molecule has 2 aromatic rings. The summed E-state index contributed by atoms with van der Waals surface area (Å²) in [5.41, 5.74) is 2.36. The minimum atomic E-state index is -0.375. The molecular weight excluding hydrogens is 349 g/mol. The molecule has 114 valence electrons. The number of aryl methyl sites for hydroxylation is 1. The Balaban J connectivity index is 2.05. The van der Waals surface area contributed by atoms with Gasteiger partial charge in [0.2, 0.25) is 0 Å². The topological polar surface area (TPSA) is 29.5 Å². The monoisotopic (exact) mass is 363 g/mol. The van der Waals surface area contributed by atoms with Crippen LogP contribution in [0.2, 0.25) is 0 Å². The molecule has 1 aliphatic rings. The smallest absolute Gasteiger partial charge is 0.259 e. The SMILES string of the molecule is COc1cccc2c1N(C(=O)c1ccc(F)cc1Br)CCC2. The average molecular weight is 364 g/mol. The lowest BCUT2D eigenvalue weighted by atomic mass is 10.00. The van der Waals surface area contributed by atoms with Crippen LogP contribution < -0.4 is 9.64 Å². The molecule has 1 aliphatic heterocycles. The van der Waals surface area contributed by atoms with Crippen LogP contribution in [0.3, 0.4) is 0 Å². The second-order valence-electron chi connectivity index (χ2n) is 5.15. The predicted octanol–water partition coefficient (Wildman–Crippen LogP) is 4.19. The zero-order chi connectivity index (χ0) is 15.7. The van der Waals surface area contributed by atoms with E-state index in [4.69, 9.17) is 4.74 Å². The number of amides is 1. The van der Waals surface area contributed by atoms with Crippen molar-refractivity contribution >= 4 is 27.5 Å². The van der Waals surface area contributed by atoms with Crippen molar-refractivity contribution in [3.8, 4) is 5.75 Å². The van der Waals surface area contributed by atoms with E-state index in [0.717, 1.165) is 24.1 Å². The molecule has 0 unspecified atom stereocenters. The van der Waals surface area contributed by atoms with Crippen molar-refractivity contribution in [2.45, 2.75) is 12.8 Å². The van der Waals surface area contributed by atoms with Crippen LogP contribution >= 0.6 is 15.9 Å². The van der Waals surface area contributed by atoms with Crippen LogP contribution in [0, 0.1) is 5.82 Å². The fourth-order valence-electron chi connectivity index (χ4n) is 2.79. The molecule has 2 aromatic carbocycles. The summed E-state index contributed by atoms with van der Waals surface area (Å²) in [6, 6.07) is 9.90. The number of carbonyl (C=O) groups is 1. The van der Waals surface area contributed by atoms with Crippen LogP contribution in [0.25, 0.3) is 0 Å². The van der Waals surface area contributed by atoms with Gasteiger partial charge in [-0.25, -0.2) is 4.39 Å². The molecular formula is C17H15BrFNO2. The molecule has 0 aliphatic carbocycles. The molecule has 0 saturated heterocycles. The standard InChI is InChI=1S/C17H15BrFNO2/c1-22-15-6-2-4-11-5-3-9-20(16(11)15)17(21)13-8-7-12(19)10-14(13)18/h2,4,6-8,10H,3,5,9H2,1H3. The molecule has 5 heteroatoms. The predicted molar refractivity (Wildman–Crippen MR) is 87.1 cm³/mol. The Morgan fingerprint density at radius 3 is 2.86 bits per heavy atom. The fraction of sp³-hybridized carbons (Fsp3) is 0.235. The number of nitrogens with zero attached hydrogens (tertiary/aromatic N) is 1. The molecule has 0 atom stereocenters. The summed E-state index contributed by atoms with van der Waals surface area (Å²) in [4.78, 5) is 14.6. The molecule has 0 saturated carbocycles. The van der Waals surface area contributed by atoms with Crippen molar-refractivity contribution in [3.05, 3.63) is 57.8 Å². The molecule has 22 heavy (non-hydrogen) atoms. The van der Waals surface area contributed by atoms with Gasteiger partial charge in [0.25, 0.3) is 5.91 Å². The first-order valence-electron chi connectivity index (χ1n) is 7.04. The normalized spacial score (nSPS) is 13.7. The van der Waals surface area contributed by atoms with Gasteiger partial charge >= 0.3 is 0 Å². The molecule has 3 rings (SSSR count). The van der Waals surface area contributed by atoms with Crippen molar-refractivity contribution in [1.29, 1.82) is 0 Å². The number of hydrogen-bond acceptors (Lipinski definition) is 2. The third-order valence-corrected chi connectivity index (χ3v) is 4.46. The third kappa shape index (κ3) is 2.61. The summed E-state index contributed by atoms with van der Waals surface area (Å²) in [6.07, 6.45) is 1.81. The van der Waals surface area contributed by atoms with E-state index in [0.29, 0.717) is 22.3 Å². The van der Waals surface area contributed by atoms with E-state index in [1.807, 2.05) is 18.2 Å². The third-order valence-electron chi connectivity index (χ3n) is 3.81. The Morgan fingerprint density at radius 1 is 1.32 bits per heavy atom.